The topological polar surface area (TPSA) is 20.3 Å². The highest BCUT2D eigenvalue weighted by Crippen LogP contribution is 2.33. The number of amides is 1. The van der Waals surface area contributed by atoms with E-state index >= 15 is 0 Å². The smallest absolute Gasteiger partial charge is 0.338 e. The fourth-order valence-corrected chi connectivity index (χ4v) is 2.97. The Balaban J connectivity index is 1.68. The summed E-state index contributed by atoms with van der Waals surface area (Å²) >= 11 is 0. The normalized spacial score (nSPS) is 17.3. The minimum Gasteiger partial charge on any atom is -0.338 e. The molecule has 1 fully saturated rings. The molecule has 0 aromatic heterocycles. The van der Waals surface area contributed by atoms with Gasteiger partial charge in [0.1, 0.15) is 0 Å². The van der Waals surface area contributed by atoms with Gasteiger partial charge in [0.2, 0.25) is 0 Å². The molecule has 0 spiro atoms. The number of hydrogen-bond donors (Lipinski definition) is 0. The third-order valence-corrected chi connectivity index (χ3v) is 4.43. The summed E-state index contributed by atoms with van der Waals surface area (Å²) in [6.45, 7) is 0.0961. The molecule has 0 radical (unpaired) electrons. The van der Waals surface area contributed by atoms with Crippen molar-refractivity contribution in [2.75, 3.05) is 13.1 Å². The van der Waals surface area contributed by atoms with Gasteiger partial charge in [-0.05, 0) is 49.2 Å². The summed E-state index contributed by atoms with van der Waals surface area (Å²) in [7, 11) is 0. The number of likely N-dealkylation sites (tertiary alicyclic amines) is 1. The van der Waals surface area contributed by atoms with Crippen LogP contribution in [-0.4, -0.2) is 30.1 Å². The van der Waals surface area contributed by atoms with Crippen LogP contribution in [0.25, 0.3) is 0 Å². The predicted octanol–water partition coefficient (Wildman–Crippen LogP) is 4.50. The Hall–Kier alpha value is -2.74. The molecule has 26 heavy (non-hydrogen) atoms. The molecular formula is C21H18F3NO. The SMILES string of the molecule is O=C(c1ccc(C#Cc2ccccc2)cc1)N1CCCC(C(F)(F)F)C1. The largest absolute Gasteiger partial charge is 0.393 e. The second-order valence-corrected chi connectivity index (χ2v) is 6.33. The number of carbonyl (C=O) groups is 1. The zero-order valence-corrected chi connectivity index (χ0v) is 14.1. The quantitative estimate of drug-likeness (QED) is 0.688. The fourth-order valence-electron chi connectivity index (χ4n) is 2.97. The zero-order valence-electron chi connectivity index (χ0n) is 14.1. The first-order chi connectivity index (χ1) is 12.4. The van der Waals surface area contributed by atoms with Crippen molar-refractivity contribution in [3.63, 3.8) is 0 Å². The van der Waals surface area contributed by atoms with E-state index in [1.807, 2.05) is 30.3 Å². The van der Waals surface area contributed by atoms with Crippen LogP contribution in [0.5, 0.6) is 0 Å². The minimum absolute atomic E-state index is 0.0846. The molecule has 1 unspecified atom stereocenters. The van der Waals surface area contributed by atoms with E-state index in [9.17, 15) is 18.0 Å². The first-order valence-corrected chi connectivity index (χ1v) is 8.46. The van der Waals surface area contributed by atoms with E-state index in [-0.39, 0.29) is 18.9 Å². The molecule has 0 N–H and O–H groups in total. The maximum atomic E-state index is 12.9. The van der Waals surface area contributed by atoms with Crippen LogP contribution in [0.15, 0.2) is 54.6 Å². The molecule has 1 amide bonds. The van der Waals surface area contributed by atoms with Crippen LogP contribution in [0.2, 0.25) is 0 Å². The Kier molecular flexibility index (Phi) is 5.32. The molecule has 134 valence electrons. The summed E-state index contributed by atoms with van der Waals surface area (Å²) in [6.07, 6.45) is -3.80. The van der Waals surface area contributed by atoms with Crippen LogP contribution in [0.4, 0.5) is 13.2 Å². The lowest BCUT2D eigenvalue weighted by Crippen LogP contribution is -2.44. The minimum atomic E-state index is -4.25. The Morgan fingerprint density at radius 3 is 2.19 bits per heavy atom. The van der Waals surface area contributed by atoms with Gasteiger partial charge in [-0.3, -0.25) is 4.79 Å². The van der Waals surface area contributed by atoms with E-state index < -0.39 is 12.1 Å². The highest BCUT2D eigenvalue weighted by atomic mass is 19.4. The van der Waals surface area contributed by atoms with Gasteiger partial charge in [-0.15, -0.1) is 0 Å². The van der Waals surface area contributed by atoms with Gasteiger partial charge < -0.3 is 4.90 Å². The second-order valence-electron chi connectivity index (χ2n) is 6.33. The summed E-state index contributed by atoms with van der Waals surface area (Å²) in [5.41, 5.74) is 2.02. The van der Waals surface area contributed by atoms with Crippen molar-refractivity contribution >= 4 is 5.91 Å². The van der Waals surface area contributed by atoms with Crippen molar-refractivity contribution < 1.29 is 18.0 Å². The van der Waals surface area contributed by atoms with Gasteiger partial charge in [0.15, 0.2) is 0 Å². The number of benzene rings is 2. The van der Waals surface area contributed by atoms with E-state index in [1.54, 1.807) is 24.3 Å². The number of hydrogen-bond acceptors (Lipinski definition) is 1. The molecule has 0 bridgehead atoms. The summed E-state index contributed by atoms with van der Waals surface area (Å²) in [6, 6.07) is 16.2. The molecule has 1 heterocycles. The molecule has 2 nitrogen and oxygen atoms in total. The van der Waals surface area contributed by atoms with Crippen molar-refractivity contribution in [3.8, 4) is 11.8 Å². The van der Waals surface area contributed by atoms with E-state index in [2.05, 4.69) is 11.8 Å². The summed E-state index contributed by atoms with van der Waals surface area (Å²) in [5.74, 6) is 4.24. The van der Waals surface area contributed by atoms with Crippen LogP contribution in [0.1, 0.15) is 34.3 Å². The van der Waals surface area contributed by atoms with Gasteiger partial charge >= 0.3 is 6.18 Å². The maximum Gasteiger partial charge on any atom is 0.393 e. The lowest BCUT2D eigenvalue weighted by molar-refractivity contribution is -0.184. The predicted molar refractivity (Wildman–Crippen MR) is 93.5 cm³/mol. The monoisotopic (exact) mass is 357 g/mol. The summed E-state index contributed by atoms with van der Waals surface area (Å²) < 4.78 is 38.7. The van der Waals surface area contributed by atoms with Crippen LogP contribution in [-0.2, 0) is 0 Å². The molecule has 5 heteroatoms. The lowest BCUT2D eigenvalue weighted by Gasteiger charge is -2.33. The van der Waals surface area contributed by atoms with Crippen molar-refractivity contribution in [2.24, 2.45) is 5.92 Å². The molecule has 0 aliphatic carbocycles. The highest BCUT2D eigenvalue weighted by molar-refractivity contribution is 5.94. The van der Waals surface area contributed by atoms with Crippen LogP contribution >= 0.6 is 0 Å². The van der Waals surface area contributed by atoms with Gasteiger partial charge in [-0.25, -0.2) is 0 Å². The number of alkyl halides is 3. The van der Waals surface area contributed by atoms with Crippen LogP contribution in [0, 0.1) is 17.8 Å². The summed E-state index contributed by atoms with van der Waals surface area (Å²) in [4.78, 5) is 13.8. The van der Waals surface area contributed by atoms with Gasteiger partial charge in [0, 0.05) is 29.8 Å². The molecule has 2 aromatic rings. The average molecular weight is 357 g/mol. The van der Waals surface area contributed by atoms with Crippen molar-refractivity contribution in [1.82, 2.24) is 4.90 Å². The first kappa shape index (κ1) is 18.1. The Bertz CT molecular complexity index is 816. The molecular weight excluding hydrogens is 339 g/mol. The molecule has 3 rings (SSSR count). The fraction of sp³-hybridized carbons (Fsp3) is 0.286. The van der Waals surface area contributed by atoms with Crippen molar-refractivity contribution in [2.45, 2.75) is 19.0 Å². The van der Waals surface area contributed by atoms with E-state index in [0.29, 0.717) is 18.5 Å². The lowest BCUT2D eigenvalue weighted by atomic mass is 9.97. The third-order valence-electron chi connectivity index (χ3n) is 4.43. The summed E-state index contributed by atoms with van der Waals surface area (Å²) in [5, 5.41) is 0. The van der Waals surface area contributed by atoms with Gasteiger partial charge in [-0.1, -0.05) is 30.0 Å². The third kappa shape index (κ3) is 4.45. The number of nitrogens with zero attached hydrogens (tertiary/aromatic N) is 1. The molecule has 2 aromatic carbocycles. The van der Waals surface area contributed by atoms with Gasteiger partial charge in [0.25, 0.3) is 5.91 Å². The van der Waals surface area contributed by atoms with E-state index in [0.717, 1.165) is 11.1 Å². The number of halogens is 3. The van der Waals surface area contributed by atoms with Gasteiger partial charge in [0.05, 0.1) is 5.92 Å². The van der Waals surface area contributed by atoms with E-state index in [4.69, 9.17) is 0 Å². The maximum absolute atomic E-state index is 12.9. The Morgan fingerprint density at radius 2 is 1.58 bits per heavy atom. The Morgan fingerprint density at radius 1 is 0.962 bits per heavy atom. The number of piperidine rings is 1. The number of carbonyl (C=O) groups excluding carboxylic acids is 1. The second kappa shape index (κ2) is 7.65. The Labute approximate surface area is 150 Å². The molecule has 1 saturated heterocycles. The molecule has 1 aliphatic heterocycles. The molecule has 0 saturated carbocycles. The zero-order chi connectivity index (χ0) is 18.6. The van der Waals surface area contributed by atoms with Crippen LogP contribution in [0.3, 0.4) is 0 Å². The van der Waals surface area contributed by atoms with E-state index in [1.165, 1.54) is 4.90 Å². The highest BCUT2D eigenvalue weighted by Gasteiger charge is 2.42. The van der Waals surface area contributed by atoms with Gasteiger partial charge in [-0.2, -0.15) is 13.2 Å². The standard InChI is InChI=1S/C21H18F3NO/c22-21(23,24)19-7-4-14-25(15-19)20(26)18-12-10-17(11-13-18)9-8-16-5-2-1-3-6-16/h1-3,5-6,10-13,19H,4,7,14-15H2. The van der Waals surface area contributed by atoms with Crippen LogP contribution < -0.4 is 0 Å². The molecule has 1 atom stereocenters. The van der Waals surface area contributed by atoms with Crippen molar-refractivity contribution in [1.29, 1.82) is 0 Å². The molecule has 1 aliphatic rings. The number of rotatable bonds is 1. The first-order valence-electron chi connectivity index (χ1n) is 8.46. The van der Waals surface area contributed by atoms with Crippen molar-refractivity contribution in [3.05, 3.63) is 71.3 Å². The average Bonchev–Trinajstić information content (AvgIpc) is 2.66.